The van der Waals surface area contributed by atoms with Crippen LogP contribution in [0, 0.1) is 5.92 Å². The number of likely N-dealkylation sites (N-methyl/N-ethyl adjacent to an activating group) is 1. The van der Waals surface area contributed by atoms with Gasteiger partial charge in [-0.05, 0) is 57.9 Å². The van der Waals surface area contributed by atoms with Gasteiger partial charge in [-0.25, -0.2) is 0 Å². The normalized spacial score (nSPS) is 24.3. The van der Waals surface area contributed by atoms with Crippen molar-refractivity contribution in [3.8, 4) is 0 Å². The third-order valence-electron chi connectivity index (χ3n) is 4.45. The Labute approximate surface area is 122 Å². The van der Waals surface area contributed by atoms with E-state index in [0.29, 0.717) is 12.5 Å². The molecule has 0 aromatic heterocycles. The summed E-state index contributed by atoms with van der Waals surface area (Å²) in [7, 11) is 0. The van der Waals surface area contributed by atoms with Gasteiger partial charge in [0.2, 0.25) is 5.91 Å². The number of rotatable bonds is 5. The van der Waals surface area contributed by atoms with Gasteiger partial charge in [0.1, 0.15) is 0 Å². The minimum Gasteiger partial charge on any atom is -0.396 e. The lowest BCUT2D eigenvalue weighted by Crippen LogP contribution is -2.44. The summed E-state index contributed by atoms with van der Waals surface area (Å²) >= 11 is 0. The van der Waals surface area contributed by atoms with E-state index in [0.717, 1.165) is 45.3 Å². The molecule has 2 rings (SSSR count). The second-order valence-corrected chi connectivity index (χ2v) is 6.01. The van der Waals surface area contributed by atoms with Crippen LogP contribution in [0.1, 0.15) is 45.4 Å². The quantitative estimate of drug-likeness (QED) is 0.837. The van der Waals surface area contributed by atoms with Gasteiger partial charge in [0.15, 0.2) is 0 Å². The highest BCUT2D eigenvalue weighted by atomic mass is 16.3. The van der Waals surface area contributed by atoms with Crippen LogP contribution in [0.3, 0.4) is 0 Å². The summed E-state index contributed by atoms with van der Waals surface area (Å²) in [5, 5.41) is 9.27. The van der Waals surface area contributed by atoms with Crippen molar-refractivity contribution in [2.45, 2.75) is 45.4 Å². The van der Waals surface area contributed by atoms with E-state index in [2.05, 4.69) is 17.9 Å². The van der Waals surface area contributed by atoms with E-state index in [4.69, 9.17) is 0 Å². The Morgan fingerprint density at radius 1 is 1.45 bits per heavy atom. The fraction of sp³-hybridized carbons (Fsp3) is 0.812. The number of piperidine rings is 1. The first kappa shape index (κ1) is 15.5. The predicted octanol–water partition coefficient (Wildman–Crippen LogP) is 2.00. The molecule has 0 aromatic rings. The van der Waals surface area contributed by atoms with Crippen LogP contribution >= 0.6 is 0 Å². The van der Waals surface area contributed by atoms with Crippen molar-refractivity contribution in [1.29, 1.82) is 0 Å². The van der Waals surface area contributed by atoms with Gasteiger partial charge in [-0.3, -0.25) is 9.69 Å². The van der Waals surface area contributed by atoms with Gasteiger partial charge in [-0.15, -0.1) is 0 Å². The fourth-order valence-electron chi connectivity index (χ4n) is 3.33. The van der Waals surface area contributed by atoms with Gasteiger partial charge in [0, 0.05) is 25.4 Å². The van der Waals surface area contributed by atoms with Crippen LogP contribution in [-0.4, -0.2) is 53.6 Å². The van der Waals surface area contributed by atoms with Gasteiger partial charge in [-0.1, -0.05) is 6.08 Å². The standard InChI is InChI=1S/C16H28N2O2/c1-2-18(15-8-4-3-5-9-15)16(20)12-17-10-6-7-14(11-17)13-19/h8,14,19H,2-7,9-13H2,1H3. The number of aliphatic hydroxyl groups is 1. The van der Waals surface area contributed by atoms with Gasteiger partial charge >= 0.3 is 0 Å². The summed E-state index contributed by atoms with van der Waals surface area (Å²) in [6, 6.07) is 0. The molecule has 1 saturated heterocycles. The summed E-state index contributed by atoms with van der Waals surface area (Å²) in [5.41, 5.74) is 1.22. The molecule has 1 aliphatic heterocycles. The molecular formula is C16H28N2O2. The zero-order chi connectivity index (χ0) is 14.4. The zero-order valence-electron chi connectivity index (χ0n) is 12.7. The molecule has 4 heteroatoms. The lowest BCUT2D eigenvalue weighted by atomic mass is 9.99. The van der Waals surface area contributed by atoms with E-state index in [-0.39, 0.29) is 12.5 Å². The SMILES string of the molecule is CCN(C(=O)CN1CCCC(CO)C1)C1=CCCCC1. The Bertz CT molecular complexity index is 354. The maximum Gasteiger partial charge on any atom is 0.240 e. The monoisotopic (exact) mass is 280 g/mol. The van der Waals surface area contributed by atoms with E-state index in [9.17, 15) is 9.90 Å². The van der Waals surface area contributed by atoms with E-state index >= 15 is 0 Å². The number of hydrogen-bond donors (Lipinski definition) is 1. The predicted molar refractivity (Wildman–Crippen MR) is 80.2 cm³/mol. The molecule has 0 saturated carbocycles. The van der Waals surface area contributed by atoms with Crippen LogP contribution in [0.2, 0.25) is 0 Å². The number of carbonyl (C=O) groups excluding carboxylic acids is 1. The number of amides is 1. The van der Waals surface area contributed by atoms with Crippen molar-refractivity contribution in [3.05, 3.63) is 11.8 Å². The smallest absolute Gasteiger partial charge is 0.240 e. The van der Waals surface area contributed by atoms with Crippen LogP contribution in [0.15, 0.2) is 11.8 Å². The highest BCUT2D eigenvalue weighted by Gasteiger charge is 2.24. The van der Waals surface area contributed by atoms with Crippen LogP contribution in [-0.2, 0) is 4.79 Å². The topological polar surface area (TPSA) is 43.8 Å². The number of hydrogen-bond acceptors (Lipinski definition) is 3. The Morgan fingerprint density at radius 3 is 2.95 bits per heavy atom. The van der Waals surface area contributed by atoms with Crippen LogP contribution in [0.25, 0.3) is 0 Å². The Hall–Kier alpha value is -0.870. The van der Waals surface area contributed by atoms with Crippen molar-refractivity contribution < 1.29 is 9.90 Å². The first-order valence-electron chi connectivity index (χ1n) is 8.07. The Kier molecular flexibility index (Phi) is 6.05. The molecule has 1 unspecified atom stereocenters. The van der Waals surface area contributed by atoms with E-state index in [1.807, 2.05) is 4.90 Å². The zero-order valence-corrected chi connectivity index (χ0v) is 12.7. The lowest BCUT2D eigenvalue weighted by molar-refractivity contribution is -0.131. The van der Waals surface area contributed by atoms with Crippen molar-refractivity contribution in [3.63, 3.8) is 0 Å². The van der Waals surface area contributed by atoms with Crippen LogP contribution in [0.5, 0.6) is 0 Å². The molecule has 114 valence electrons. The third-order valence-corrected chi connectivity index (χ3v) is 4.45. The molecule has 1 N–H and O–H groups in total. The highest BCUT2D eigenvalue weighted by molar-refractivity contribution is 5.80. The summed E-state index contributed by atoms with van der Waals surface area (Å²) in [6.45, 7) is 5.41. The molecule has 0 aromatic carbocycles. The molecule has 1 fully saturated rings. The van der Waals surface area contributed by atoms with Gasteiger partial charge in [0.25, 0.3) is 0 Å². The van der Waals surface area contributed by atoms with E-state index in [1.165, 1.54) is 18.5 Å². The summed E-state index contributed by atoms with van der Waals surface area (Å²) in [4.78, 5) is 16.7. The summed E-state index contributed by atoms with van der Waals surface area (Å²) < 4.78 is 0. The first-order valence-corrected chi connectivity index (χ1v) is 8.07. The van der Waals surface area contributed by atoms with Crippen molar-refractivity contribution in [1.82, 2.24) is 9.80 Å². The molecule has 2 aliphatic rings. The minimum absolute atomic E-state index is 0.222. The van der Waals surface area contributed by atoms with E-state index < -0.39 is 0 Å². The minimum atomic E-state index is 0.222. The molecule has 20 heavy (non-hydrogen) atoms. The van der Waals surface area contributed by atoms with Crippen molar-refractivity contribution in [2.24, 2.45) is 5.92 Å². The molecule has 4 nitrogen and oxygen atoms in total. The van der Waals surface area contributed by atoms with E-state index in [1.54, 1.807) is 0 Å². The number of allylic oxidation sites excluding steroid dienone is 2. The Balaban J connectivity index is 1.90. The van der Waals surface area contributed by atoms with Gasteiger partial charge in [0.05, 0.1) is 6.54 Å². The molecule has 0 radical (unpaired) electrons. The number of nitrogens with zero attached hydrogens (tertiary/aromatic N) is 2. The molecule has 0 spiro atoms. The molecule has 1 heterocycles. The van der Waals surface area contributed by atoms with Gasteiger partial charge < -0.3 is 10.0 Å². The first-order chi connectivity index (χ1) is 9.74. The van der Waals surface area contributed by atoms with Gasteiger partial charge in [-0.2, -0.15) is 0 Å². The van der Waals surface area contributed by atoms with Crippen LogP contribution in [0.4, 0.5) is 0 Å². The molecule has 1 atom stereocenters. The molecule has 1 aliphatic carbocycles. The maximum absolute atomic E-state index is 12.5. The average molecular weight is 280 g/mol. The lowest BCUT2D eigenvalue weighted by Gasteiger charge is -2.34. The maximum atomic E-state index is 12.5. The van der Waals surface area contributed by atoms with Crippen molar-refractivity contribution >= 4 is 5.91 Å². The molecular weight excluding hydrogens is 252 g/mol. The fourth-order valence-corrected chi connectivity index (χ4v) is 3.33. The second-order valence-electron chi connectivity index (χ2n) is 6.01. The third kappa shape index (κ3) is 4.06. The highest BCUT2D eigenvalue weighted by Crippen LogP contribution is 2.22. The summed E-state index contributed by atoms with van der Waals surface area (Å²) in [5.74, 6) is 0.569. The summed E-state index contributed by atoms with van der Waals surface area (Å²) in [6.07, 6.45) is 9.01. The largest absolute Gasteiger partial charge is 0.396 e. The molecule has 0 bridgehead atoms. The second kappa shape index (κ2) is 7.79. The Morgan fingerprint density at radius 2 is 2.30 bits per heavy atom. The number of carbonyl (C=O) groups is 1. The van der Waals surface area contributed by atoms with Crippen molar-refractivity contribution in [2.75, 3.05) is 32.8 Å². The average Bonchev–Trinajstić information content (AvgIpc) is 2.49. The molecule has 1 amide bonds. The number of likely N-dealkylation sites (tertiary alicyclic amines) is 1. The number of aliphatic hydroxyl groups excluding tert-OH is 1. The van der Waals surface area contributed by atoms with Crippen LogP contribution < -0.4 is 0 Å².